The molecule has 0 aliphatic heterocycles. The van der Waals surface area contributed by atoms with E-state index in [1.807, 2.05) is 49.4 Å². The minimum Gasteiger partial charge on any atom is -1.00 e. The number of halogens is 1. The van der Waals surface area contributed by atoms with Crippen LogP contribution >= 0.6 is 0 Å². The molecule has 1 heterocycles. The zero-order chi connectivity index (χ0) is 16.6. The number of hydrogen-bond acceptors (Lipinski definition) is 2. The van der Waals surface area contributed by atoms with Gasteiger partial charge in [0.1, 0.15) is 17.1 Å². The number of benzene rings is 2. The van der Waals surface area contributed by atoms with Gasteiger partial charge in [-0.3, -0.25) is 0 Å². The Hall–Kier alpha value is -2.59. The van der Waals surface area contributed by atoms with E-state index in [9.17, 15) is 9.90 Å². The monoisotopic (exact) mass is 342 g/mol. The van der Waals surface area contributed by atoms with E-state index in [-0.39, 0.29) is 23.8 Å². The molecule has 2 aromatic carbocycles. The summed E-state index contributed by atoms with van der Waals surface area (Å²) in [7, 11) is 3.51. The van der Waals surface area contributed by atoms with Gasteiger partial charge in [0.15, 0.2) is 0 Å². The largest absolute Gasteiger partial charge is 1.00 e. The van der Waals surface area contributed by atoms with Crippen LogP contribution in [-0.2, 0) is 14.1 Å². The molecule has 0 amide bonds. The number of aromatic hydroxyl groups is 1. The van der Waals surface area contributed by atoms with E-state index in [2.05, 4.69) is 0 Å². The molecule has 0 spiro atoms. The highest BCUT2D eigenvalue weighted by molar-refractivity contribution is 5.93. The van der Waals surface area contributed by atoms with Crippen LogP contribution in [0, 0.1) is 6.92 Å². The van der Waals surface area contributed by atoms with E-state index in [0.29, 0.717) is 0 Å². The SMILES string of the molecule is Cc1cc(C=Cc2cc(O)cc3ccccc23)n(C)c(=O)[n+]1C.[Cl-]. The van der Waals surface area contributed by atoms with Crippen LogP contribution in [-0.4, -0.2) is 9.67 Å². The molecule has 124 valence electrons. The topological polar surface area (TPSA) is 46.1 Å². The van der Waals surface area contributed by atoms with Crippen LogP contribution < -0.4 is 22.7 Å². The Kier molecular flexibility index (Phi) is 5.10. The Bertz CT molecular complexity index is 991. The Labute approximate surface area is 146 Å². The molecule has 0 aliphatic carbocycles. The summed E-state index contributed by atoms with van der Waals surface area (Å²) in [6, 6.07) is 13.3. The average Bonchev–Trinajstić information content (AvgIpc) is 2.54. The number of aryl methyl sites for hydroxylation is 1. The highest BCUT2D eigenvalue weighted by Gasteiger charge is 2.11. The number of hydrogen-bond donors (Lipinski definition) is 1. The first-order valence-electron chi connectivity index (χ1n) is 7.44. The fourth-order valence-corrected chi connectivity index (χ4v) is 2.69. The van der Waals surface area contributed by atoms with E-state index in [0.717, 1.165) is 27.7 Å². The van der Waals surface area contributed by atoms with Crippen LogP contribution in [0.15, 0.2) is 47.3 Å². The second-order valence-electron chi connectivity index (χ2n) is 5.70. The minimum atomic E-state index is -0.0644. The van der Waals surface area contributed by atoms with Crippen molar-refractivity contribution in [3.05, 3.63) is 69.9 Å². The predicted octanol–water partition coefficient (Wildman–Crippen LogP) is -0.449. The van der Waals surface area contributed by atoms with Gasteiger partial charge >= 0.3 is 5.69 Å². The minimum absolute atomic E-state index is 0. The molecule has 3 aromatic rings. The zero-order valence-corrected chi connectivity index (χ0v) is 14.6. The Morgan fingerprint density at radius 3 is 2.58 bits per heavy atom. The molecule has 0 fully saturated rings. The summed E-state index contributed by atoms with van der Waals surface area (Å²) in [4.78, 5) is 12.1. The van der Waals surface area contributed by atoms with Crippen molar-refractivity contribution in [1.29, 1.82) is 0 Å². The van der Waals surface area contributed by atoms with Crippen molar-refractivity contribution in [2.75, 3.05) is 0 Å². The second-order valence-corrected chi connectivity index (χ2v) is 5.70. The van der Waals surface area contributed by atoms with Crippen molar-refractivity contribution >= 4 is 22.9 Å². The van der Waals surface area contributed by atoms with Crippen molar-refractivity contribution in [3.63, 3.8) is 0 Å². The summed E-state index contributed by atoms with van der Waals surface area (Å²) < 4.78 is 3.22. The van der Waals surface area contributed by atoms with Gasteiger partial charge in [0.2, 0.25) is 0 Å². The maximum atomic E-state index is 12.1. The third-order valence-electron chi connectivity index (χ3n) is 4.16. The number of fused-ring (bicyclic) bond motifs is 1. The number of phenolic OH excluding ortho intramolecular Hbond substituents is 1. The van der Waals surface area contributed by atoms with Crippen LogP contribution in [0.25, 0.3) is 22.9 Å². The van der Waals surface area contributed by atoms with Gasteiger partial charge in [-0.1, -0.05) is 30.3 Å². The molecule has 1 aromatic heterocycles. The summed E-state index contributed by atoms with van der Waals surface area (Å²) >= 11 is 0. The van der Waals surface area contributed by atoms with Gasteiger partial charge in [0.05, 0.1) is 14.1 Å². The standard InChI is InChI=1S/C19H18N2O2.ClH/c1-13-10-16(21(3)19(23)20(13)2)9-8-15-12-17(22)11-14-6-4-5-7-18(14)15;/h4-12H,1-3H3;1H. The highest BCUT2D eigenvalue weighted by Crippen LogP contribution is 2.26. The molecule has 0 radical (unpaired) electrons. The molecular formula is C19H19ClN2O2. The first-order chi connectivity index (χ1) is 11.0. The van der Waals surface area contributed by atoms with Gasteiger partial charge in [-0.15, -0.1) is 0 Å². The first kappa shape index (κ1) is 17.8. The smallest absolute Gasteiger partial charge is 0.498 e. The fourth-order valence-electron chi connectivity index (χ4n) is 2.69. The summed E-state index contributed by atoms with van der Waals surface area (Å²) in [6.45, 7) is 1.91. The summed E-state index contributed by atoms with van der Waals surface area (Å²) in [5.74, 6) is 0.230. The van der Waals surface area contributed by atoms with Crippen molar-refractivity contribution in [1.82, 2.24) is 4.57 Å². The average molecular weight is 343 g/mol. The number of phenols is 1. The first-order valence-corrected chi connectivity index (χ1v) is 7.44. The lowest BCUT2D eigenvalue weighted by atomic mass is 10.0. The predicted molar refractivity (Wildman–Crippen MR) is 92.1 cm³/mol. The molecule has 0 saturated carbocycles. The van der Waals surface area contributed by atoms with Gasteiger partial charge in [-0.25, -0.2) is 0 Å². The van der Waals surface area contributed by atoms with Gasteiger partial charge in [-0.05, 0) is 41.5 Å². The third kappa shape index (κ3) is 3.19. The van der Waals surface area contributed by atoms with Crippen molar-refractivity contribution in [2.24, 2.45) is 14.1 Å². The molecule has 3 rings (SSSR count). The molecule has 0 saturated heterocycles. The molecule has 0 aliphatic rings. The van der Waals surface area contributed by atoms with Crippen molar-refractivity contribution < 1.29 is 22.1 Å². The maximum Gasteiger partial charge on any atom is 0.498 e. The quantitative estimate of drug-likeness (QED) is 0.641. The van der Waals surface area contributed by atoms with E-state index in [4.69, 9.17) is 0 Å². The summed E-state index contributed by atoms with van der Waals surface area (Å²) in [5, 5.41) is 11.9. The Morgan fingerprint density at radius 2 is 1.83 bits per heavy atom. The highest BCUT2D eigenvalue weighted by atomic mass is 35.5. The van der Waals surface area contributed by atoms with Gasteiger partial charge in [0.25, 0.3) is 0 Å². The molecule has 0 atom stereocenters. The van der Waals surface area contributed by atoms with Crippen molar-refractivity contribution in [3.8, 4) is 5.75 Å². The normalized spacial score (nSPS) is 11.0. The number of nitrogens with zero attached hydrogens (tertiary/aromatic N) is 2. The van der Waals surface area contributed by atoms with Crippen LogP contribution in [0.2, 0.25) is 0 Å². The van der Waals surface area contributed by atoms with E-state index in [1.54, 1.807) is 35.4 Å². The Balaban J connectivity index is 0.00000208. The van der Waals surface area contributed by atoms with Crippen LogP contribution in [0.1, 0.15) is 17.0 Å². The van der Waals surface area contributed by atoms with Crippen molar-refractivity contribution in [2.45, 2.75) is 6.92 Å². The van der Waals surface area contributed by atoms with Crippen LogP contribution in [0.4, 0.5) is 0 Å². The Morgan fingerprint density at radius 1 is 1.12 bits per heavy atom. The van der Waals surface area contributed by atoms with E-state index >= 15 is 0 Å². The lowest BCUT2D eigenvalue weighted by Crippen LogP contribution is -3.00. The lowest BCUT2D eigenvalue weighted by molar-refractivity contribution is -0.696. The maximum absolute atomic E-state index is 12.1. The second kappa shape index (κ2) is 6.89. The number of aromatic nitrogens is 2. The van der Waals surface area contributed by atoms with Gasteiger partial charge in [-0.2, -0.15) is 13.9 Å². The molecule has 5 heteroatoms. The summed E-state index contributed by atoms with van der Waals surface area (Å²) in [5.41, 5.74) is 2.57. The van der Waals surface area contributed by atoms with E-state index < -0.39 is 0 Å². The molecule has 0 unspecified atom stereocenters. The molecule has 1 N–H and O–H groups in total. The fraction of sp³-hybridized carbons (Fsp3) is 0.158. The van der Waals surface area contributed by atoms with Crippen LogP contribution in [0.5, 0.6) is 5.75 Å². The summed E-state index contributed by atoms with van der Waals surface area (Å²) in [6.07, 6.45) is 3.83. The molecule has 4 nitrogen and oxygen atoms in total. The number of rotatable bonds is 2. The zero-order valence-electron chi connectivity index (χ0n) is 13.8. The van der Waals surface area contributed by atoms with Crippen LogP contribution in [0.3, 0.4) is 0 Å². The van der Waals surface area contributed by atoms with Gasteiger partial charge < -0.3 is 17.5 Å². The third-order valence-corrected chi connectivity index (χ3v) is 4.16. The van der Waals surface area contributed by atoms with E-state index in [1.165, 1.54) is 0 Å². The molecular weight excluding hydrogens is 324 g/mol. The molecule has 0 bridgehead atoms. The van der Waals surface area contributed by atoms with Gasteiger partial charge in [0, 0.05) is 6.07 Å². The lowest BCUT2D eigenvalue weighted by Gasteiger charge is -2.05. The molecule has 24 heavy (non-hydrogen) atoms.